The second-order valence-corrected chi connectivity index (χ2v) is 8.56. The van der Waals surface area contributed by atoms with Crippen LogP contribution in [0.15, 0.2) is 42.7 Å². The van der Waals surface area contributed by atoms with Crippen molar-refractivity contribution in [3.05, 3.63) is 59.4 Å². The number of amides is 1. The average Bonchev–Trinajstić information content (AvgIpc) is 2.86. The monoisotopic (exact) mass is 438 g/mol. The SMILES string of the molecule is COc1ccc(CN2CCN(CCCc3cncc(C(=O)N4CCOCC4)c3)CC2)cc1. The molecule has 0 bridgehead atoms. The quantitative estimate of drug-likeness (QED) is 0.631. The Hall–Kier alpha value is -2.48. The number of nitrogens with zero attached hydrogens (tertiary/aromatic N) is 4. The van der Waals surface area contributed by atoms with Crippen molar-refractivity contribution >= 4 is 5.91 Å². The molecule has 0 saturated carbocycles. The topological polar surface area (TPSA) is 58.1 Å². The summed E-state index contributed by atoms with van der Waals surface area (Å²) >= 11 is 0. The highest BCUT2D eigenvalue weighted by Crippen LogP contribution is 2.15. The molecule has 0 aliphatic carbocycles. The number of carbonyl (C=O) groups is 1. The van der Waals surface area contributed by atoms with Crippen LogP contribution in [-0.2, 0) is 17.7 Å². The number of morpholine rings is 1. The van der Waals surface area contributed by atoms with Crippen LogP contribution >= 0.6 is 0 Å². The van der Waals surface area contributed by atoms with Crippen LogP contribution < -0.4 is 4.74 Å². The number of methoxy groups -OCH3 is 1. The number of piperazine rings is 1. The third kappa shape index (κ3) is 6.28. The van der Waals surface area contributed by atoms with E-state index in [2.05, 4.69) is 26.9 Å². The highest BCUT2D eigenvalue weighted by atomic mass is 16.5. The molecule has 7 heteroatoms. The Balaban J connectivity index is 1.18. The molecule has 32 heavy (non-hydrogen) atoms. The maximum Gasteiger partial charge on any atom is 0.255 e. The lowest BCUT2D eigenvalue weighted by molar-refractivity contribution is 0.0302. The van der Waals surface area contributed by atoms with Crippen LogP contribution in [0.2, 0.25) is 0 Å². The van der Waals surface area contributed by atoms with Gasteiger partial charge in [0.15, 0.2) is 0 Å². The van der Waals surface area contributed by atoms with E-state index in [1.807, 2.05) is 29.3 Å². The van der Waals surface area contributed by atoms with Crippen LogP contribution in [-0.4, -0.2) is 91.7 Å². The second-order valence-electron chi connectivity index (χ2n) is 8.56. The molecule has 0 radical (unpaired) electrons. The van der Waals surface area contributed by atoms with Gasteiger partial charge in [0.05, 0.1) is 25.9 Å². The summed E-state index contributed by atoms with van der Waals surface area (Å²) in [5, 5.41) is 0. The van der Waals surface area contributed by atoms with Gasteiger partial charge in [0.2, 0.25) is 0 Å². The first-order chi connectivity index (χ1) is 15.7. The van der Waals surface area contributed by atoms with E-state index in [0.717, 1.165) is 63.4 Å². The fraction of sp³-hybridized carbons (Fsp3) is 0.520. The maximum atomic E-state index is 12.7. The van der Waals surface area contributed by atoms with Gasteiger partial charge in [-0.15, -0.1) is 0 Å². The molecule has 2 aliphatic rings. The van der Waals surface area contributed by atoms with Gasteiger partial charge in [-0.05, 0) is 48.7 Å². The van der Waals surface area contributed by atoms with Crippen LogP contribution in [0.1, 0.15) is 27.9 Å². The number of carbonyl (C=O) groups excluding carboxylic acids is 1. The van der Waals surface area contributed by atoms with Crippen molar-refractivity contribution in [3.63, 3.8) is 0 Å². The van der Waals surface area contributed by atoms with Gasteiger partial charge in [-0.2, -0.15) is 0 Å². The van der Waals surface area contributed by atoms with E-state index < -0.39 is 0 Å². The second kappa shape index (κ2) is 11.4. The predicted octanol–water partition coefficient (Wildman–Crippen LogP) is 2.31. The highest BCUT2D eigenvalue weighted by molar-refractivity contribution is 5.94. The molecule has 0 spiro atoms. The summed E-state index contributed by atoms with van der Waals surface area (Å²) in [5.41, 5.74) is 3.16. The van der Waals surface area contributed by atoms with Gasteiger partial charge in [0.25, 0.3) is 5.91 Å². The number of benzene rings is 1. The number of ether oxygens (including phenoxy) is 2. The molecule has 0 N–H and O–H groups in total. The standard InChI is InChI=1S/C25H34N4O3/c1-31-24-6-4-21(5-7-24)20-28-11-9-27(10-12-28)8-2-3-22-17-23(19-26-18-22)25(30)29-13-15-32-16-14-29/h4-7,17-19H,2-3,8-16,20H2,1H3. The molecule has 4 rings (SSSR count). The van der Waals surface area contributed by atoms with Crippen molar-refractivity contribution in [1.82, 2.24) is 19.7 Å². The zero-order chi connectivity index (χ0) is 22.2. The van der Waals surface area contributed by atoms with E-state index in [1.165, 1.54) is 5.56 Å². The molecule has 1 aromatic carbocycles. The fourth-order valence-electron chi connectivity index (χ4n) is 4.36. The smallest absolute Gasteiger partial charge is 0.255 e. The molecule has 3 heterocycles. The first kappa shape index (κ1) is 22.7. The van der Waals surface area contributed by atoms with Gasteiger partial charge >= 0.3 is 0 Å². The van der Waals surface area contributed by atoms with Crippen molar-refractivity contribution < 1.29 is 14.3 Å². The minimum Gasteiger partial charge on any atom is -0.497 e. The molecule has 2 saturated heterocycles. The molecular formula is C25H34N4O3. The minimum absolute atomic E-state index is 0.0654. The van der Waals surface area contributed by atoms with E-state index >= 15 is 0 Å². The first-order valence-electron chi connectivity index (χ1n) is 11.6. The zero-order valence-corrected chi connectivity index (χ0v) is 19.0. The molecular weight excluding hydrogens is 404 g/mol. The lowest BCUT2D eigenvalue weighted by atomic mass is 10.1. The summed E-state index contributed by atoms with van der Waals surface area (Å²) in [7, 11) is 1.70. The van der Waals surface area contributed by atoms with Crippen LogP contribution in [0.5, 0.6) is 5.75 Å². The van der Waals surface area contributed by atoms with E-state index in [0.29, 0.717) is 31.9 Å². The number of hydrogen-bond acceptors (Lipinski definition) is 6. The van der Waals surface area contributed by atoms with E-state index in [9.17, 15) is 4.79 Å². The van der Waals surface area contributed by atoms with Gasteiger partial charge in [-0.3, -0.25) is 14.7 Å². The Labute approximate surface area is 190 Å². The molecule has 2 aliphatic heterocycles. The lowest BCUT2D eigenvalue weighted by Crippen LogP contribution is -2.46. The molecule has 1 aromatic heterocycles. The van der Waals surface area contributed by atoms with Crippen LogP contribution in [0, 0.1) is 0 Å². The predicted molar refractivity (Wildman–Crippen MR) is 124 cm³/mol. The summed E-state index contributed by atoms with van der Waals surface area (Å²) in [4.78, 5) is 23.9. The number of aryl methyl sites for hydroxylation is 1. The fourth-order valence-corrected chi connectivity index (χ4v) is 4.36. The summed E-state index contributed by atoms with van der Waals surface area (Å²) < 4.78 is 10.6. The molecule has 7 nitrogen and oxygen atoms in total. The van der Waals surface area contributed by atoms with Crippen molar-refractivity contribution in [2.75, 3.05) is 66.1 Å². The van der Waals surface area contributed by atoms with Gasteiger partial charge in [-0.25, -0.2) is 0 Å². The lowest BCUT2D eigenvalue weighted by Gasteiger charge is -2.34. The number of aromatic nitrogens is 1. The Morgan fingerprint density at radius 2 is 1.69 bits per heavy atom. The van der Waals surface area contributed by atoms with Crippen molar-refractivity contribution in [2.45, 2.75) is 19.4 Å². The van der Waals surface area contributed by atoms with Crippen molar-refractivity contribution in [3.8, 4) is 5.75 Å². The molecule has 1 amide bonds. The summed E-state index contributed by atoms with van der Waals surface area (Å²) in [6, 6.07) is 10.4. The summed E-state index contributed by atoms with van der Waals surface area (Å²) in [6.45, 7) is 9.02. The van der Waals surface area contributed by atoms with Crippen LogP contribution in [0.25, 0.3) is 0 Å². The number of pyridine rings is 1. The Kier molecular flexibility index (Phi) is 8.09. The van der Waals surface area contributed by atoms with Crippen molar-refractivity contribution in [2.24, 2.45) is 0 Å². The third-order valence-corrected chi connectivity index (χ3v) is 6.31. The minimum atomic E-state index is 0.0654. The van der Waals surface area contributed by atoms with Gasteiger partial charge in [0.1, 0.15) is 5.75 Å². The summed E-state index contributed by atoms with van der Waals surface area (Å²) in [5.74, 6) is 0.973. The Morgan fingerprint density at radius 3 is 2.41 bits per heavy atom. The van der Waals surface area contributed by atoms with E-state index in [4.69, 9.17) is 9.47 Å². The van der Waals surface area contributed by atoms with Gasteiger partial charge in [0, 0.05) is 58.2 Å². The van der Waals surface area contributed by atoms with E-state index in [-0.39, 0.29) is 5.91 Å². The highest BCUT2D eigenvalue weighted by Gasteiger charge is 2.19. The number of hydrogen-bond donors (Lipinski definition) is 0. The average molecular weight is 439 g/mol. The molecule has 2 fully saturated rings. The van der Waals surface area contributed by atoms with Crippen LogP contribution in [0.3, 0.4) is 0 Å². The molecule has 0 atom stereocenters. The van der Waals surface area contributed by atoms with E-state index in [1.54, 1.807) is 13.3 Å². The maximum absolute atomic E-state index is 12.7. The zero-order valence-electron chi connectivity index (χ0n) is 19.0. The largest absolute Gasteiger partial charge is 0.497 e. The Bertz CT molecular complexity index is 860. The van der Waals surface area contributed by atoms with Gasteiger partial charge < -0.3 is 19.3 Å². The third-order valence-electron chi connectivity index (χ3n) is 6.31. The Morgan fingerprint density at radius 1 is 0.969 bits per heavy atom. The van der Waals surface area contributed by atoms with Gasteiger partial charge in [-0.1, -0.05) is 12.1 Å². The molecule has 0 unspecified atom stereocenters. The molecule has 172 valence electrons. The summed E-state index contributed by atoms with van der Waals surface area (Å²) in [6.07, 6.45) is 5.60. The van der Waals surface area contributed by atoms with Crippen molar-refractivity contribution in [1.29, 1.82) is 0 Å². The number of rotatable bonds is 8. The normalized spacial score (nSPS) is 18.0. The van der Waals surface area contributed by atoms with Crippen LogP contribution in [0.4, 0.5) is 0 Å². The first-order valence-corrected chi connectivity index (χ1v) is 11.6. The molecule has 2 aromatic rings.